The van der Waals surface area contributed by atoms with Crippen molar-refractivity contribution in [2.24, 2.45) is 0 Å². The number of amides is 2. The number of pyridine rings is 1. The van der Waals surface area contributed by atoms with Crippen LogP contribution in [0.15, 0.2) is 67.9 Å². The number of nitrogens with zero attached hydrogens (tertiary/aromatic N) is 1. The van der Waals surface area contributed by atoms with Gasteiger partial charge in [-0.15, -0.1) is 13.2 Å². The van der Waals surface area contributed by atoms with Crippen molar-refractivity contribution < 1.29 is 19.1 Å². The molecule has 0 bridgehead atoms. The van der Waals surface area contributed by atoms with E-state index < -0.39 is 17.2 Å². The number of ether oxygens (including phenoxy) is 2. The number of hydrogen-bond donors (Lipinski definition) is 2. The van der Waals surface area contributed by atoms with Crippen LogP contribution in [-0.2, 0) is 15.0 Å². The Labute approximate surface area is 176 Å². The van der Waals surface area contributed by atoms with Crippen LogP contribution in [0.4, 0.5) is 5.82 Å². The van der Waals surface area contributed by atoms with Gasteiger partial charge in [-0.25, -0.2) is 4.98 Å². The first-order valence-corrected chi connectivity index (χ1v) is 9.44. The number of benzene rings is 1. The van der Waals surface area contributed by atoms with Crippen molar-refractivity contribution in [3.05, 3.63) is 73.5 Å². The van der Waals surface area contributed by atoms with E-state index in [4.69, 9.17) is 9.47 Å². The maximum absolute atomic E-state index is 12.4. The van der Waals surface area contributed by atoms with Gasteiger partial charge in [-0.2, -0.15) is 0 Å². The van der Waals surface area contributed by atoms with Crippen molar-refractivity contribution in [1.82, 2.24) is 10.3 Å². The molecule has 2 rings (SSSR count). The van der Waals surface area contributed by atoms with E-state index in [-0.39, 0.29) is 6.54 Å². The molecule has 0 radical (unpaired) electrons. The Morgan fingerprint density at radius 3 is 2.30 bits per heavy atom. The molecule has 0 aliphatic rings. The third kappa shape index (κ3) is 5.47. The topological polar surface area (TPSA) is 89.6 Å². The molecule has 0 saturated carbocycles. The molecule has 7 nitrogen and oxygen atoms in total. The third-order valence-electron chi connectivity index (χ3n) is 4.77. The summed E-state index contributed by atoms with van der Waals surface area (Å²) >= 11 is 0. The lowest BCUT2D eigenvalue weighted by Gasteiger charge is -2.33. The Kier molecular flexibility index (Phi) is 8.17. The SMILES string of the molecule is C=CCC(CC=C)(CNC(=O)C(=O)Nc1ccccn1)c1ccc(OC)c(OC)c1. The van der Waals surface area contributed by atoms with Crippen molar-refractivity contribution in [2.45, 2.75) is 18.3 Å². The van der Waals surface area contributed by atoms with Gasteiger partial charge in [0.15, 0.2) is 11.5 Å². The molecule has 1 heterocycles. The van der Waals surface area contributed by atoms with E-state index in [0.29, 0.717) is 30.2 Å². The minimum atomic E-state index is -0.785. The molecule has 0 fully saturated rings. The summed E-state index contributed by atoms with van der Waals surface area (Å²) in [7, 11) is 3.13. The smallest absolute Gasteiger partial charge is 0.314 e. The zero-order valence-corrected chi connectivity index (χ0v) is 17.3. The van der Waals surface area contributed by atoms with E-state index in [1.54, 1.807) is 44.6 Å². The van der Waals surface area contributed by atoms with E-state index in [9.17, 15) is 9.59 Å². The lowest BCUT2D eigenvalue weighted by Crippen LogP contribution is -2.44. The molecular weight excluding hydrogens is 382 g/mol. The van der Waals surface area contributed by atoms with Gasteiger partial charge in [0, 0.05) is 18.2 Å². The van der Waals surface area contributed by atoms with E-state index in [1.165, 1.54) is 6.20 Å². The molecule has 0 aliphatic heterocycles. The molecule has 0 aliphatic carbocycles. The van der Waals surface area contributed by atoms with Gasteiger partial charge in [0.1, 0.15) is 5.82 Å². The molecule has 0 unspecified atom stereocenters. The molecule has 1 aromatic carbocycles. The van der Waals surface area contributed by atoms with Crippen LogP contribution in [0, 0.1) is 0 Å². The molecule has 1 aromatic heterocycles. The first kappa shape index (κ1) is 22.7. The maximum atomic E-state index is 12.4. The first-order chi connectivity index (χ1) is 14.5. The highest BCUT2D eigenvalue weighted by molar-refractivity contribution is 6.39. The van der Waals surface area contributed by atoms with Crippen LogP contribution in [0.2, 0.25) is 0 Å². The number of carbonyl (C=O) groups is 2. The van der Waals surface area contributed by atoms with Crippen molar-refractivity contribution >= 4 is 17.6 Å². The van der Waals surface area contributed by atoms with Crippen LogP contribution in [0.1, 0.15) is 18.4 Å². The minimum absolute atomic E-state index is 0.203. The van der Waals surface area contributed by atoms with Crippen LogP contribution in [0.3, 0.4) is 0 Å². The second-order valence-corrected chi connectivity index (χ2v) is 6.69. The Morgan fingerprint density at radius 1 is 1.03 bits per heavy atom. The summed E-state index contributed by atoms with van der Waals surface area (Å²) in [5.41, 5.74) is 0.356. The van der Waals surface area contributed by atoms with Gasteiger partial charge in [0.2, 0.25) is 0 Å². The summed E-state index contributed by atoms with van der Waals surface area (Å²) in [5, 5.41) is 5.21. The molecule has 0 atom stereocenters. The van der Waals surface area contributed by atoms with E-state index in [1.807, 2.05) is 18.2 Å². The van der Waals surface area contributed by atoms with Gasteiger partial charge in [-0.1, -0.05) is 24.3 Å². The first-order valence-electron chi connectivity index (χ1n) is 9.44. The molecule has 2 amide bonds. The third-order valence-corrected chi connectivity index (χ3v) is 4.77. The average Bonchev–Trinajstić information content (AvgIpc) is 2.77. The number of anilines is 1. The molecule has 0 spiro atoms. The lowest BCUT2D eigenvalue weighted by atomic mass is 9.74. The Balaban J connectivity index is 2.24. The second-order valence-electron chi connectivity index (χ2n) is 6.69. The van der Waals surface area contributed by atoms with Gasteiger partial charge < -0.3 is 20.1 Å². The average molecular weight is 409 g/mol. The van der Waals surface area contributed by atoms with Crippen LogP contribution < -0.4 is 20.1 Å². The fourth-order valence-electron chi connectivity index (χ4n) is 3.22. The number of hydrogen-bond acceptors (Lipinski definition) is 5. The van der Waals surface area contributed by atoms with Gasteiger partial charge in [0.05, 0.1) is 14.2 Å². The summed E-state index contributed by atoms with van der Waals surface area (Å²) in [4.78, 5) is 28.6. The second kappa shape index (κ2) is 10.8. The number of rotatable bonds is 10. The summed E-state index contributed by atoms with van der Waals surface area (Å²) in [6.45, 7) is 7.92. The van der Waals surface area contributed by atoms with E-state index in [2.05, 4.69) is 28.8 Å². The van der Waals surface area contributed by atoms with Crippen molar-refractivity contribution in [3.63, 3.8) is 0 Å². The fourth-order valence-corrected chi connectivity index (χ4v) is 3.22. The normalized spacial score (nSPS) is 10.6. The van der Waals surface area contributed by atoms with Gasteiger partial charge in [-0.3, -0.25) is 9.59 Å². The molecule has 30 heavy (non-hydrogen) atoms. The van der Waals surface area contributed by atoms with Crippen LogP contribution in [-0.4, -0.2) is 37.6 Å². The molecule has 7 heteroatoms. The number of carbonyl (C=O) groups excluding carboxylic acids is 2. The van der Waals surface area contributed by atoms with E-state index >= 15 is 0 Å². The Morgan fingerprint density at radius 2 is 1.73 bits per heavy atom. The Bertz CT molecular complexity index is 887. The molecule has 158 valence electrons. The molecule has 2 N–H and O–H groups in total. The standard InChI is InChI=1S/C23H27N3O4/c1-5-12-23(13-6-2,17-10-11-18(29-3)19(15-17)30-4)16-25-21(27)22(28)26-20-9-7-8-14-24-20/h5-11,14-15H,1-2,12-13,16H2,3-4H3,(H,25,27)(H,24,26,28). The number of nitrogens with one attached hydrogen (secondary N) is 2. The Hall–Kier alpha value is -3.61. The van der Waals surface area contributed by atoms with Crippen LogP contribution in [0.5, 0.6) is 11.5 Å². The van der Waals surface area contributed by atoms with Crippen molar-refractivity contribution in [2.75, 3.05) is 26.1 Å². The number of aromatic nitrogens is 1. The van der Waals surface area contributed by atoms with Crippen molar-refractivity contribution in [1.29, 1.82) is 0 Å². The number of allylic oxidation sites excluding steroid dienone is 2. The fraction of sp³-hybridized carbons (Fsp3) is 0.261. The molecule has 0 saturated heterocycles. The van der Waals surface area contributed by atoms with Crippen LogP contribution >= 0.6 is 0 Å². The summed E-state index contributed by atoms with van der Waals surface area (Å²) < 4.78 is 10.7. The highest BCUT2D eigenvalue weighted by Gasteiger charge is 2.32. The van der Waals surface area contributed by atoms with E-state index in [0.717, 1.165) is 5.56 Å². The lowest BCUT2D eigenvalue weighted by molar-refractivity contribution is -0.136. The summed E-state index contributed by atoms with van der Waals surface area (Å²) in [6.07, 6.45) is 6.19. The highest BCUT2D eigenvalue weighted by Crippen LogP contribution is 2.37. The summed E-state index contributed by atoms with van der Waals surface area (Å²) in [6, 6.07) is 10.6. The van der Waals surface area contributed by atoms with Gasteiger partial charge in [-0.05, 0) is 42.7 Å². The quantitative estimate of drug-likeness (QED) is 0.464. The largest absolute Gasteiger partial charge is 0.493 e. The molecular formula is C23H27N3O4. The molecule has 2 aromatic rings. The van der Waals surface area contributed by atoms with Crippen LogP contribution in [0.25, 0.3) is 0 Å². The number of methoxy groups -OCH3 is 2. The van der Waals surface area contributed by atoms with Gasteiger partial charge in [0.25, 0.3) is 0 Å². The maximum Gasteiger partial charge on any atom is 0.314 e. The zero-order valence-electron chi connectivity index (χ0n) is 17.3. The predicted octanol–water partition coefficient (Wildman–Crippen LogP) is 3.24. The summed E-state index contributed by atoms with van der Waals surface area (Å²) in [5.74, 6) is -0.0513. The predicted molar refractivity (Wildman–Crippen MR) is 117 cm³/mol. The van der Waals surface area contributed by atoms with Crippen molar-refractivity contribution in [3.8, 4) is 11.5 Å². The monoisotopic (exact) mass is 409 g/mol. The van der Waals surface area contributed by atoms with Gasteiger partial charge >= 0.3 is 11.8 Å². The highest BCUT2D eigenvalue weighted by atomic mass is 16.5. The zero-order chi connectivity index (χ0) is 22.0. The minimum Gasteiger partial charge on any atom is -0.493 e.